The number of pyridine rings is 1. The van der Waals surface area contributed by atoms with E-state index in [-0.39, 0.29) is 5.91 Å². The van der Waals surface area contributed by atoms with Crippen LogP contribution in [-0.4, -0.2) is 22.4 Å². The standard InChI is InChI=1S/C18H21ClN4OS/c19-14-6-7-16(21-11-14)23-18-22-15(12-25-18)10-17(24)20-9-8-13-4-2-1-3-5-13/h4,6-7,11-12H,1-3,5,8-10H2,(H,20,24)(H,21,22,23). The Morgan fingerprint density at radius 2 is 2.24 bits per heavy atom. The summed E-state index contributed by atoms with van der Waals surface area (Å²) in [6.45, 7) is 0.703. The number of thiazole rings is 1. The molecule has 2 aromatic heterocycles. The summed E-state index contributed by atoms with van der Waals surface area (Å²) in [7, 11) is 0. The molecule has 1 aliphatic carbocycles. The monoisotopic (exact) mass is 376 g/mol. The zero-order chi connectivity index (χ0) is 17.5. The van der Waals surface area contributed by atoms with E-state index < -0.39 is 0 Å². The quantitative estimate of drug-likeness (QED) is 0.699. The molecule has 2 heterocycles. The van der Waals surface area contributed by atoms with Crippen LogP contribution in [0.5, 0.6) is 0 Å². The molecule has 1 aliphatic rings. The minimum atomic E-state index is 0.0119. The van der Waals surface area contributed by atoms with E-state index in [2.05, 4.69) is 26.7 Å². The van der Waals surface area contributed by atoms with Crippen LogP contribution in [0.25, 0.3) is 0 Å². The highest BCUT2D eigenvalue weighted by Crippen LogP contribution is 2.21. The van der Waals surface area contributed by atoms with Gasteiger partial charge in [0.1, 0.15) is 5.82 Å². The van der Waals surface area contributed by atoms with E-state index >= 15 is 0 Å². The number of hydrogen-bond acceptors (Lipinski definition) is 5. The average molecular weight is 377 g/mol. The second kappa shape index (κ2) is 8.97. The Bertz CT molecular complexity index is 742. The molecule has 132 valence electrons. The van der Waals surface area contributed by atoms with Crippen LogP contribution in [0.3, 0.4) is 0 Å². The van der Waals surface area contributed by atoms with Crippen molar-refractivity contribution in [2.45, 2.75) is 38.5 Å². The number of nitrogens with one attached hydrogen (secondary N) is 2. The van der Waals surface area contributed by atoms with Gasteiger partial charge in [0, 0.05) is 18.1 Å². The molecule has 0 saturated carbocycles. The van der Waals surface area contributed by atoms with Crippen LogP contribution >= 0.6 is 22.9 Å². The highest BCUT2D eigenvalue weighted by atomic mass is 35.5. The maximum absolute atomic E-state index is 12.0. The van der Waals surface area contributed by atoms with Gasteiger partial charge in [-0.25, -0.2) is 9.97 Å². The lowest BCUT2D eigenvalue weighted by atomic mass is 9.97. The van der Waals surface area contributed by atoms with Crippen molar-refractivity contribution in [3.63, 3.8) is 0 Å². The second-order valence-corrected chi connectivity index (χ2v) is 7.31. The summed E-state index contributed by atoms with van der Waals surface area (Å²) >= 11 is 7.27. The Balaban J connectivity index is 1.43. The van der Waals surface area contributed by atoms with Crippen molar-refractivity contribution in [3.8, 4) is 0 Å². The van der Waals surface area contributed by atoms with E-state index in [1.807, 2.05) is 5.38 Å². The summed E-state index contributed by atoms with van der Waals surface area (Å²) in [4.78, 5) is 20.6. The van der Waals surface area contributed by atoms with Gasteiger partial charge in [-0.3, -0.25) is 4.79 Å². The molecule has 7 heteroatoms. The summed E-state index contributed by atoms with van der Waals surface area (Å²) in [6, 6.07) is 3.55. The Labute approximate surface area is 156 Å². The van der Waals surface area contributed by atoms with Gasteiger partial charge < -0.3 is 10.6 Å². The number of amides is 1. The lowest BCUT2D eigenvalue weighted by molar-refractivity contribution is -0.120. The van der Waals surface area contributed by atoms with Crippen molar-refractivity contribution < 1.29 is 4.79 Å². The zero-order valence-corrected chi connectivity index (χ0v) is 15.5. The van der Waals surface area contributed by atoms with E-state index in [0.29, 0.717) is 28.9 Å². The SMILES string of the molecule is O=C(Cc1csc(Nc2ccc(Cl)cn2)n1)NCCC1=CCCCC1. The third-order valence-electron chi connectivity index (χ3n) is 4.01. The van der Waals surface area contributed by atoms with Gasteiger partial charge in [-0.05, 0) is 44.2 Å². The number of rotatable bonds is 7. The number of allylic oxidation sites excluding steroid dienone is 1. The summed E-state index contributed by atoms with van der Waals surface area (Å²) < 4.78 is 0. The Hall–Kier alpha value is -1.92. The lowest BCUT2D eigenvalue weighted by Crippen LogP contribution is -2.26. The Morgan fingerprint density at radius 1 is 1.32 bits per heavy atom. The van der Waals surface area contributed by atoms with Crippen LogP contribution in [0.15, 0.2) is 35.4 Å². The predicted molar refractivity (Wildman–Crippen MR) is 103 cm³/mol. The molecule has 2 aromatic rings. The van der Waals surface area contributed by atoms with Gasteiger partial charge in [-0.2, -0.15) is 0 Å². The molecule has 0 atom stereocenters. The molecule has 0 aliphatic heterocycles. The van der Waals surface area contributed by atoms with Gasteiger partial charge >= 0.3 is 0 Å². The Morgan fingerprint density at radius 3 is 3.00 bits per heavy atom. The van der Waals surface area contributed by atoms with E-state index in [0.717, 1.165) is 12.1 Å². The summed E-state index contributed by atoms with van der Waals surface area (Å²) in [5.41, 5.74) is 2.23. The van der Waals surface area contributed by atoms with Crippen LogP contribution in [-0.2, 0) is 11.2 Å². The van der Waals surface area contributed by atoms with Gasteiger partial charge in [0.15, 0.2) is 5.13 Å². The molecule has 25 heavy (non-hydrogen) atoms. The molecule has 0 radical (unpaired) electrons. The highest BCUT2D eigenvalue weighted by molar-refractivity contribution is 7.13. The molecular formula is C18H21ClN4OS. The van der Waals surface area contributed by atoms with Crippen LogP contribution in [0.2, 0.25) is 5.02 Å². The lowest BCUT2D eigenvalue weighted by Gasteiger charge is -2.12. The van der Waals surface area contributed by atoms with Crippen LogP contribution in [0, 0.1) is 0 Å². The minimum absolute atomic E-state index is 0.0119. The van der Waals surface area contributed by atoms with Crippen molar-refractivity contribution in [3.05, 3.63) is 46.1 Å². The third kappa shape index (κ3) is 5.83. The van der Waals surface area contributed by atoms with Crippen LogP contribution < -0.4 is 10.6 Å². The summed E-state index contributed by atoms with van der Waals surface area (Å²) in [5, 5.41) is 9.28. The molecule has 5 nitrogen and oxygen atoms in total. The number of nitrogens with zero attached hydrogens (tertiary/aromatic N) is 2. The van der Waals surface area contributed by atoms with Crippen molar-refractivity contribution in [2.75, 3.05) is 11.9 Å². The van der Waals surface area contributed by atoms with Gasteiger partial charge in [-0.1, -0.05) is 23.3 Å². The van der Waals surface area contributed by atoms with E-state index in [9.17, 15) is 4.79 Å². The minimum Gasteiger partial charge on any atom is -0.355 e. The zero-order valence-electron chi connectivity index (χ0n) is 13.9. The number of halogens is 1. The van der Waals surface area contributed by atoms with Gasteiger partial charge in [0.25, 0.3) is 0 Å². The fraction of sp³-hybridized carbons (Fsp3) is 0.389. The smallest absolute Gasteiger partial charge is 0.226 e. The van der Waals surface area contributed by atoms with Gasteiger partial charge in [-0.15, -0.1) is 11.3 Å². The molecule has 3 rings (SSSR count). The molecule has 2 N–H and O–H groups in total. The molecule has 1 amide bonds. The molecule has 0 unspecified atom stereocenters. The van der Waals surface area contributed by atoms with Crippen molar-refractivity contribution in [1.29, 1.82) is 0 Å². The number of aromatic nitrogens is 2. The number of carbonyl (C=O) groups is 1. The average Bonchev–Trinajstić information content (AvgIpc) is 3.05. The van der Waals surface area contributed by atoms with Gasteiger partial charge in [0.05, 0.1) is 17.1 Å². The first-order valence-electron chi connectivity index (χ1n) is 8.46. The fourth-order valence-electron chi connectivity index (χ4n) is 2.73. The predicted octanol–water partition coefficient (Wildman–Crippen LogP) is 4.48. The molecule has 0 fully saturated rings. The number of carbonyl (C=O) groups excluding carboxylic acids is 1. The summed E-state index contributed by atoms with van der Waals surface area (Å²) in [6.07, 6.45) is 10.1. The van der Waals surface area contributed by atoms with Crippen molar-refractivity contribution >= 4 is 39.8 Å². The molecule has 0 aromatic carbocycles. The van der Waals surface area contributed by atoms with E-state index in [1.54, 1.807) is 18.3 Å². The highest BCUT2D eigenvalue weighted by Gasteiger charge is 2.09. The van der Waals surface area contributed by atoms with Crippen molar-refractivity contribution in [1.82, 2.24) is 15.3 Å². The molecular weight excluding hydrogens is 356 g/mol. The topological polar surface area (TPSA) is 66.9 Å². The fourth-order valence-corrected chi connectivity index (χ4v) is 3.56. The largest absolute Gasteiger partial charge is 0.355 e. The Kier molecular flexibility index (Phi) is 6.42. The summed E-state index contributed by atoms with van der Waals surface area (Å²) in [5.74, 6) is 0.688. The molecule has 0 spiro atoms. The van der Waals surface area contributed by atoms with E-state index in [1.165, 1.54) is 42.6 Å². The molecule has 0 saturated heterocycles. The van der Waals surface area contributed by atoms with Gasteiger partial charge in [0.2, 0.25) is 5.91 Å². The van der Waals surface area contributed by atoms with Crippen LogP contribution in [0.4, 0.5) is 10.9 Å². The van der Waals surface area contributed by atoms with Crippen molar-refractivity contribution in [2.24, 2.45) is 0 Å². The number of anilines is 2. The molecule has 0 bridgehead atoms. The van der Waals surface area contributed by atoms with E-state index in [4.69, 9.17) is 11.6 Å². The first-order chi connectivity index (χ1) is 12.2. The normalized spacial score (nSPS) is 14.0. The third-order valence-corrected chi connectivity index (χ3v) is 5.04. The first kappa shape index (κ1) is 17.9. The van der Waals surface area contributed by atoms with Crippen LogP contribution in [0.1, 0.15) is 37.8 Å². The second-order valence-electron chi connectivity index (χ2n) is 6.02. The first-order valence-corrected chi connectivity index (χ1v) is 9.72. The maximum Gasteiger partial charge on any atom is 0.226 e. The number of hydrogen-bond donors (Lipinski definition) is 2. The maximum atomic E-state index is 12.0.